The van der Waals surface area contributed by atoms with E-state index in [-0.39, 0.29) is 22.9 Å². The van der Waals surface area contributed by atoms with Crippen LogP contribution in [0.2, 0.25) is 0 Å². The number of hydrogen-bond acceptors (Lipinski definition) is 10. The lowest BCUT2D eigenvalue weighted by Crippen LogP contribution is -2.24. The van der Waals surface area contributed by atoms with Crippen molar-refractivity contribution in [2.24, 2.45) is 0 Å². The molecule has 0 saturated heterocycles. The van der Waals surface area contributed by atoms with Gasteiger partial charge in [0.05, 0.1) is 47.1 Å². The van der Waals surface area contributed by atoms with Crippen molar-refractivity contribution in [2.45, 2.75) is 31.6 Å². The molecule has 1 fully saturated rings. The summed E-state index contributed by atoms with van der Waals surface area (Å²) in [6, 6.07) is 1.24. The maximum atomic E-state index is 14.7. The predicted molar refractivity (Wildman–Crippen MR) is 128 cm³/mol. The Hall–Kier alpha value is -3.23. The van der Waals surface area contributed by atoms with Crippen LogP contribution in [0.1, 0.15) is 35.3 Å². The van der Waals surface area contributed by atoms with Crippen LogP contribution in [0.3, 0.4) is 0 Å². The third-order valence-electron chi connectivity index (χ3n) is 4.45. The van der Waals surface area contributed by atoms with Crippen molar-refractivity contribution in [3.63, 3.8) is 0 Å². The van der Waals surface area contributed by atoms with Gasteiger partial charge in [-0.3, -0.25) is 19.5 Å². The van der Waals surface area contributed by atoms with Crippen LogP contribution in [-0.2, 0) is 21.3 Å². The van der Waals surface area contributed by atoms with Gasteiger partial charge in [0.15, 0.2) is 10.8 Å². The summed E-state index contributed by atoms with van der Waals surface area (Å²) in [6.07, 6.45) is 6.91. The van der Waals surface area contributed by atoms with Crippen LogP contribution in [-0.4, -0.2) is 60.3 Å². The fraction of sp³-hybridized carbons (Fsp3) is 0.381. The number of ether oxygens (including phenoxy) is 2. The summed E-state index contributed by atoms with van der Waals surface area (Å²) in [5, 5.41) is 2.20. The van der Waals surface area contributed by atoms with E-state index in [4.69, 9.17) is 4.74 Å². The maximum absolute atomic E-state index is 14.7. The Kier molecular flexibility index (Phi) is 9.01. The average Bonchev–Trinajstić information content (AvgIpc) is 3.58. The van der Waals surface area contributed by atoms with E-state index in [9.17, 15) is 17.6 Å². The molecule has 4 rings (SSSR count). The monoisotopic (exact) mass is 524 g/mol. The van der Waals surface area contributed by atoms with Gasteiger partial charge in [-0.1, -0.05) is 0 Å². The zero-order valence-electron chi connectivity index (χ0n) is 19.3. The second-order valence-corrected chi connectivity index (χ2v) is 10.3. The van der Waals surface area contributed by atoms with Gasteiger partial charge in [0.25, 0.3) is 5.91 Å². The van der Waals surface area contributed by atoms with Gasteiger partial charge >= 0.3 is 0 Å². The molecule has 0 aromatic carbocycles. The van der Waals surface area contributed by atoms with E-state index in [1.54, 1.807) is 14.2 Å². The van der Waals surface area contributed by atoms with Crippen molar-refractivity contribution in [3.8, 4) is 16.5 Å². The van der Waals surface area contributed by atoms with E-state index >= 15 is 0 Å². The first-order valence-electron chi connectivity index (χ1n) is 10.5. The summed E-state index contributed by atoms with van der Waals surface area (Å²) in [5.41, 5.74) is 0.220. The average molecular weight is 525 g/mol. The first kappa shape index (κ1) is 26.4. The van der Waals surface area contributed by atoms with Gasteiger partial charge in [-0.25, -0.2) is 22.8 Å². The molecule has 11 nitrogen and oxygen atoms in total. The number of nitrogens with one attached hydrogen (secondary N) is 2. The lowest BCUT2D eigenvalue weighted by atomic mass is 10.3. The Balaban J connectivity index is 0.00000108. The van der Waals surface area contributed by atoms with Gasteiger partial charge in [0.2, 0.25) is 15.9 Å². The molecular weight excluding hydrogens is 499 g/mol. The molecule has 1 aliphatic rings. The summed E-state index contributed by atoms with van der Waals surface area (Å²) in [6.45, 7) is 2.04. The van der Waals surface area contributed by atoms with Crippen LogP contribution in [0.15, 0.2) is 30.9 Å². The van der Waals surface area contributed by atoms with Gasteiger partial charge < -0.3 is 14.8 Å². The minimum absolute atomic E-state index is 0.0959. The van der Waals surface area contributed by atoms with Gasteiger partial charge in [-0.05, 0) is 25.8 Å². The largest absolute Gasteiger partial charge is 0.477 e. The fourth-order valence-electron chi connectivity index (χ4n) is 2.73. The Morgan fingerprint density at radius 3 is 2.66 bits per heavy atom. The van der Waals surface area contributed by atoms with Crippen molar-refractivity contribution in [1.29, 1.82) is 0 Å². The van der Waals surface area contributed by atoms with Crippen LogP contribution < -0.4 is 14.8 Å². The highest BCUT2D eigenvalue weighted by Crippen LogP contribution is 2.30. The minimum atomic E-state index is -3.62. The van der Waals surface area contributed by atoms with Crippen LogP contribution in [0.5, 0.6) is 5.88 Å². The van der Waals surface area contributed by atoms with Crippen molar-refractivity contribution in [2.75, 3.05) is 25.5 Å². The normalized spacial score (nSPS) is 12.9. The molecule has 0 spiro atoms. The molecule has 0 unspecified atom stereocenters. The third kappa shape index (κ3) is 7.13. The highest BCUT2D eigenvalue weighted by atomic mass is 32.2. The van der Waals surface area contributed by atoms with Crippen LogP contribution in [0.4, 0.5) is 10.1 Å². The van der Waals surface area contributed by atoms with E-state index in [1.165, 1.54) is 30.9 Å². The highest BCUT2D eigenvalue weighted by molar-refractivity contribution is 7.93. The highest BCUT2D eigenvalue weighted by Gasteiger charge is 2.36. The van der Waals surface area contributed by atoms with E-state index in [2.05, 4.69) is 34.7 Å². The first-order chi connectivity index (χ1) is 16.8. The third-order valence-corrected chi connectivity index (χ3v) is 7.32. The maximum Gasteiger partial charge on any atom is 0.280 e. The Morgan fingerprint density at radius 1 is 1.23 bits per heavy atom. The van der Waals surface area contributed by atoms with Crippen molar-refractivity contribution < 1.29 is 27.1 Å². The molecule has 188 valence electrons. The molecule has 1 amide bonds. The molecule has 1 saturated carbocycles. The lowest BCUT2D eigenvalue weighted by Gasteiger charge is -2.10. The SMILES string of the molecule is CCOc1cncc(-c2cnc(C(=O)NCc3nccc(NS(=O)(=O)C4CC4)c3F)s2)n1.COC. The number of amides is 1. The van der Waals surface area contributed by atoms with Gasteiger partial charge in [-0.2, -0.15) is 0 Å². The van der Waals surface area contributed by atoms with Gasteiger partial charge in [-0.15, -0.1) is 11.3 Å². The zero-order valence-corrected chi connectivity index (χ0v) is 21.0. The predicted octanol–water partition coefficient (Wildman–Crippen LogP) is 2.63. The number of anilines is 1. The summed E-state index contributed by atoms with van der Waals surface area (Å²) < 4.78 is 50.6. The van der Waals surface area contributed by atoms with Gasteiger partial charge in [0.1, 0.15) is 5.69 Å². The number of rotatable bonds is 9. The van der Waals surface area contributed by atoms with E-state index < -0.39 is 27.0 Å². The summed E-state index contributed by atoms with van der Waals surface area (Å²) >= 11 is 1.09. The topological polar surface area (TPSA) is 145 Å². The summed E-state index contributed by atoms with van der Waals surface area (Å²) in [4.78, 5) is 29.4. The molecule has 3 aromatic rings. The number of pyridine rings is 1. The molecule has 3 aromatic heterocycles. The molecule has 35 heavy (non-hydrogen) atoms. The second kappa shape index (κ2) is 12.0. The van der Waals surface area contributed by atoms with Gasteiger partial charge in [0, 0.05) is 26.6 Å². The van der Waals surface area contributed by atoms with E-state index in [1.807, 2.05) is 6.92 Å². The number of sulfonamides is 1. The van der Waals surface area contributed by atoms with Crippen molar-refractivity contribution >= 4 is 33.0 Å². The number of nitrogens with zero attached hydrogens (tertiary/aromatic N) is 4. The number of methoxy groups -OCH3 is 1. The van der Waals surface area contributed by atoms with Crippen molar-refractivity contribution in [3.05, 3.63) is 47.4 Å². The van der Waals surface area contributed by atoms with Crippen molar-refractivity contribution in [1.82, 2.24) is 25.3 Å². The van der Waals surface area contributed by atoms with E-state index in [0.717, 1.165) is 11.3 Å². The fourth-order valence-corrected chi connectivity index (χ4v) is 4.90. The number of thiazole rings is 1. The number of carbonyl (C=O) groups is 1. The second-order valence-electron chi connectivity index (χ2n) is 7.26. The zero-order chi connectivity index (χ0) is 25.4. The number of aromatic nitrogens is 4. The number of carbonyl (C=O) groups excluding carboxylic acids is 1. The molecule has 14 heteroatoms. The molecule has 1 aliphatic carbocycles. The number of hydrogen-bond donors (Lipinski definition) is 2. The Morgan fingerprint density at radius 2 is 1.97 bits per heavy atom. The molecule has 0 aliphatic heterocycles. The molecule has 0 radical (unpaired) electrons. The van der Waals surface area contributed by atoms with Crippen LogP contribution in [0, 0.1) is 5.82 Å². The van der Waals surface area contributed by atoms with Crippen LogP contribution in [0.25, 0.3) is 10.6 Å². The molecule has 0 atom stereocenters. The summed E-state index contributed by atoms with van der Waals surface area (Å²) in [5.74, 6) is -0.997. The number of halogens is 1. The Labute approximate surface area is 206 Å². The molecule has 3 heterocycles. The van der Waals surface area contributed by atoms with E-state index in [0.29, 0.717) is 35.9 Å². The molecular formula is C21H25FN6O5S2. The first-order valence-corrected chi connectivity index (χ1v) is 12.9. The lowest BCUT2D eigenvalue weighted by molar-refractivity contribution is 0.0949. The smallest absolute Gasteiger partial charge is 0.280 e. The quantitative estimate of drug-likeness (QED) is 0.431. The standard InChI is InChI=1S/C19H19FN6O4S2.C2H6O/c1-2-30-16-10-21-7-13(25-16)15-9-24-19(31-15)18(27)23-8-14-17(20)12(5-6-22-14)26-32(28,29)11-3-4-11;1-3-2/h5-7,9-11H,2-4,8H2,1H3,(H,22,26)(H,23,27);1-2H3. The minimum Gasteiger partial charge on any atom is -0.477 e. The Bertz CT molecular complexity index is 1270. The molecule has 2 N–H and O–H groups in total. The summed E-state index contributed by atoms with van der Waals surface area (Å²) in [7, 11) is -0.368. The van der Waals surface area contributed by atoms with Crippen LogP contribution >= 0.6 is 11.3 Å². The molecule has 0 bridgehead atoms.